The van der Waals surface area contributed by atoms with Gasteiger partial charge in [0.2, 0.25) is 5.91 Å². The number of unbranched alkanes of at least 4 members (excludes halogenated alkanes) is 1. The van der Waals surface area contributed by atoms with E-state index in [1.807, 2.05) is 18.2 Å². The summed E-state index contributed by atoms with van der Waals surface area (Å²) < 4.78 is 6.06. The summed E-state index contributed by atoms with van der Waals surface area (Å²) in [4.78, 5) is 12.0. The average Bonchev–Trinajstić information content (AvgIpc) is 2.39. The Bertz CT molecular complexity index is 424. The maximum atomic E-state index is 12.0. The number of rotatable bonds is 7. The largest absolute Gasteiger partial charge is 0.380 e. The highest BCUT2D eigenvalue weighted by Gasteiger charge is 2.15. The number of hydrogen-bond acceptors (Lipinski definition) is 3. The maximum Gasteiger partial charge on any atom is 0.241 e. The molecule has 0 aliphatic rings. The summed E-state index contributed by atoms with van der Waals surface area (Å²) in [5.74, 6) is -0.149. The normalized spacial score (nSPS) is 12.2. The summed E-state index contributed by atoms with van der Waals surface area (Å²) in [6, 6.07) is 5.18. The van der Waals surface area contributed by atoms with E-state index in [9.17, 15) is 4.79 Å². The van der Waals surface area contributed by atoms with Crippen molar-refractivity contribution in [3.8, 4) is 0 Å². The summed E-state index contributed by atoms with van der Waals surface area (Å²) >= 11 is 3.45. The quantitative estimate of drug-likeness (QED) is 0.808. The van der Waals surface area contributed by atoms with Crippen molar-refractivity contribution in [2.24, 2.45) is 5.73 Å². The third-order valence-electron chi connectivity index (χ3n) is 2.87. The Morgan fingerprint density at radius 1 is 1.53 bits per heavy atom. The molecule has 0 radical (unpaired) electrons. The number of halogens is 1. The molecule has 0 aliphatic carbocycles. The first kappa shape index (κ1) is 16.1. The first-order valence-electron chi connectivity index (χ1n) is 6.42. The molecule has 106 valence electrons. The summed E-state index contributed by atoms with van der Waals surface area (Å²) in [5, 5.41) is 2.87. The zero-order valence-electron chi connectivity index (χ0n) is 11.4. The Labute approximate surface area is 122 Å². The fourth-order valence-corrected chi connectivity index (χ4v) is 2.23. The van der Waals surface area contributed by atoms with Gasteiger partial charge in [0, 0.05) is 22.8 Å². The van der Waals surface area contributed by atoms with Crippen LogP contribution < -0.4 is 11.1 Å². The molecule has 1 aromatic rings. The van der Waals surface area contributed by atoms with Gasteiger partial charge in [0.25, 0.3) is 0 Å². The molecule has 19 heavy (non-hydrogen) atoms. The Balaban J connectivity index is 2.75. The number of nitrogens with one attached hydrogen (secondary N) is 1. The van der Waals surface area contributed by atoms with E-state index in [0.717, 1.165) is 28.6 Å². The second-order valence-electron chi connectivity index (χ2n) is 4.44. The molecule has 1 atom stereocenters. The lowest BCUT2D eigenvalue weighted by atomic mass is 10.1. The minimum absolute atomic E-state index is 0.149. The molecule has 5 heteroatoms. The standard InChI is InChI=1S/C14H21BrN2O2/c1-3-4-7-12(16)14(18)17-13-8-5-6-11(15)10(13)9-19-2/h5-6,8,12H,3-4,7,9,16H2,1-2H3,(H,17,18). The van der Waals surface area contributed by atoms with Crippen molar-refractivity contribution in [1.82, 2.24) is 0 Å². The van der Waals surface area contributed by atoms with Crippen LogP contribution in [0.5, 0.6) is 0 Å². The van der Waals surface area contributed by atoms with Crippen LogP contribution in [-0.4, -0.2) is 19.1 Å². The van der Waals surface area contributed by atoms with E-state index in [2.05, 4.69) is 28.2 Å². The van der Waals surface area contributed by atoms with Gasteiger partial charge in [-0.2, -0.15) is 0 Å². The predicted molar refractivity (Wildman–Crippen MR) is 81.0 cm³/mol. The van der Waals surface area contributed by atoms with E-state index >= 15 is 0 Å². The van der Waals surface area contributed by atoms with Gasteiger partial charge >= 0.3 is 0 Å². The summed E-state index contributed by atoms with van der Waals surface area (Å²) in [6.07, 6.45) is 2.70. The molecular weight excluding hydrogens is 308 g/mol. The smallest absolute Gasteiger partial charge is 0.241 e. The maximum absolute atomic E-state index is 12.0. The van der Waals surface area contributed by atoms with E-state index in [1.54, 1.807) is 7.11 Å². The Kier molecular flexibility index (Phi) is 7.05. The van der Waals surface area contributed by atoms with Crippen LogP contribution in [0.2, 0.25) is 0 Å². The van der Waals surface area contributed by atoms with Gasteiger partial charge in [-0.3, -0.25) is 4.79 Å². The highest BCUT2D eigenvalue weighted by molar-refractivity contribution is 9.10. The van der Waals surface area contributed by atoms with Crippen LogP contribution in [0.1, 0.15) is 31.7 Å². The van der Waals surface area contributed by atoms with Crippen LogP contribution in [0.3, 0.4) is 0 Å². The van der Waals surface area contributed by atoms with Gasteiger partial charge in [-0.05, 0) is 18.6 Å². The number of carbonyl (C=O) groups is 1. The van der Waals surface area contributed by atoms with E-state index in [-0.39, 0.29) is 5.91 Å². The molecule has 0 spiro atoms. The van der Waals surface area contributed by atoms with Crippen LogP contribution in [0.4, 0.5) is 5.69 Å². The van der Waals surface area contributed by atoms with Crippen molar-refractivity contribution < 1.29 is 9.53 Å². The number of hydrogen-bond donors (Lipinski definition) is 2. The third-order valence-corrected chi connectivity index (χ3v) is 3.61. The number of carbonyl (C=O) groups excluding carboxylic acids is 1. The Hall–Kier alpha value is -0.910. The molecule has 0 heterocycles. The minimum Gasteiger partial charge on any atom is -0.380 e. The molecule has 4 nitrogen and oxygen atoms in total. The van der Waals surface area contributed by atoms with Gasteiger partial charge in [0.1, 0.15) is 0 Å². The average molecular weight is 329 g/mol. The van der Waals surface area contributed by atoms with Crippen molar-refractivity contribution in [3.05, 3.63) is 28.2 Å². The lowest BCUT2D eigenvalue weighted by Crippen LogP contribution is -2.35. The van der Waals surface area contributed by atoms with Crippen LogP contribution in [0.25, 0.3) is 0 Å². The number of methoxy groups -OCH3 is 1. The third kappa shape index (κ3) is 4.93. The van der Waals surface area contributed by atoms with Crippen molar-refractivity contribution in [2.45, 2.75) is 38.8 Å². The molecule has 0 aliphatic heterocycles. The van der Waals surface area contributed by atoms with Crippen molar-refractivity contribution >= 4 is 27.5 Å². The molecule has 0 saturated heterocycles. The van der Waals surface area contributed by atoms with Crippen molar-refractivity contribution in [1.29, 1.82) is 0 Å². The molecule has 3 N–H and O–H groups in total. The molecule has 0 bridgehead atoms. The number of ether oxygens (including phenoxy) is 1. The van der Waals surface area contributed by atoms with Gasteiger partial charge in [-0.15, -0.1) is 0 Å². The predicted octanol–water partition coefficient (Wildman–Crippen LogP) is 3.05. The Morgan fingerprint density at radius 2 is 2.26 bits per heavy atom. The molecule has 1 unspecified atom stereocenters. The van der Waals surface area contributed by atoms with Crippen LogP contribution in [-0.2, 0) is 16.1 Å². The fourth-order valence-electron chi connectivity index (χ4n) is 1.75. The zero-order chi connectivity index (χ0) is 14.3. The molecule has 1 rings (SSSR count). The molecular formula is C14H21BrN2O2. The van der Waals surface area contributed by atoms with E-state index in [4.69, 9.17) is 10.5 Å². The molecule has 0 aromatic heterocycles. The molecule has 0 saturated carbocycles. The minimum atomic E-state index is -0.464. The number of benzene rings is 1. The SMILES string of the molecule is CCCCC(N)C(=O)Nc1cccc(Br)c1COC. The molecule has 0 fully saturated rings. The number of nitrogens with two attached hydrogens (primary N) is 1. The van der Waals surface area contributed by atoms with Crippen LogP contribution in [0, 0.1) is 0 Å². The lowest BCUT2D eigenvalue weighted by Gasteiger charge is -2.15. The first-order chi connectivity index (χ1) is 9.10. The molecule has 1 amide bonds. The van der Waals surface area contributed by atoms with Gasteiger partial charge in [-0.1, -0.05) is 41.8 Å². The first-order valence-corrected chi connectivity index (χ1v) is 7.22. The highest BCUT2D eigenvalue weighted by Crippen LogP contribution is 2.25. The van der Waals surface area contributed by atoms with E-state index < -0.39 is 6.04 Å². The number of anilines is 1. The fraction of sp³-hybridized carbons (Fsp3) is 0.500. The van der Waals surface area contributed by atoms with Crippen LogP contribution >= 0.6 is 15.9 Å². The number of amides is 1. The van der Waals surface area contributed by atoms with Crippen molar-refractivity contribution in [3.63, 3.8) is 0 Å². The van der Waals surface area contributed by atoms with Crippen molar-refractivity contribution in [2.75, 3.05) is 12.4 Å². The Morgan fingerprint density at radius 3 is 2.89 bits per heavy atom. The van der Waals surface area contributed by atoms with Gasteiger partial charge in [0.15, 0.2) is 0 Å². The monoisotopic (exact) mass is 328 g/mol. The lowest BCUT2D eigenvalue weighted by molar-refractivity contribution is -0.117. The summed E-state index contributed by atoms with van der Waals surface area (Å²) in [5.41, 5.74) is 7.52. The second-order valence-corrected chi connectivity index (χ2v) is 5.29. The highest BCUT2D eigenvalue weighted by atomic mass is 79.9. The summed E-state index contributed by atoms with van der Waals surface area (Å²) in [7, 11) is 1.62. The van der Waals surface area contributed by atoms with Crippen LogP contribution in [0.15, 0.2) is 22.7 Å². The zero-order valence-corrected chi connectivity index (χ0v) is 13.0. The van der Waals surface area contributed by atoms with Gasteiger partial charge in [-0.25, -0.2) is 0 Å². The van der Waals surface area contributed by atoms with E-state index in [1.165, 1.54) is 0 Å². The summed E-state index contributed by atoms with van der Waals surface area (Å²) in [6.45, 7) is 2.51. The molecule has 1 aromatic carbocycles. The topological polar surface area (TPSA) is 64.4 Å². The van der Waals surface area contributed by atoms with E-state index in [0.29, 0.717) is 13.0 Å². The van der Waals surface area contributed by atoms with Gasteiger partial charge < -0.3 is 15.8 Å². The van der Waals surface area contributed by atoms with Gasteiger partial charge in [0.05, 0.1) is 12.6 Å². The second kappa shape index (κ2) is 8.30.